The molecular weight excluding hydrogens is 214 g/mol. The van der Waals surface area contributed by atoms with E-state index >= 15 is 0 Å². The van der Waals surface area contributed by atoms with Crippen molar-refractivity contribution >= 4 is 0 Å². The molecule has 94 valence electrons. The van der Waals surface area contributed by atoms with Gasteiger partial charge in [-0.05, 0) is 12.8 Å². The molecule has 1 aromatic rings. The van der Waals surface area contributed by atoms with E-state index < -0.39 is 0 Å². The van der Waals surface area contributed by atoms with Gasteiger partial charge in [0.25, 0.3) is 0 Å². The van der Waals surface area contributed by atoms with Gasteiger partial charge in [0.15, 0.2) is 0 Å². The molecule has 0 bridgehead atoms. The molecule has 1 N–H and O–H groups in total. The molecule has 1 aromatic heterocycles. The molecule has 2 aliphatic heterocycles. The van der Waals surface area contributed by atoms with Gasteiger partial charge in [-0.15, -0.1) is 0 Å². The topological polar surface area (TPSA) is 39.1 Å². The van der Waals surface area contributed by atoms with E-state index in [1.807, 2.05) is 0 Å². The lowest BCUT2D eigenvalue weighted by Gasteiger charge is -2.20. The first-order valence-corrected chi connectivity index (χ1v) is 6.77. The monoisotopic (exact) mass is 235 g/mol. The third kappa shape index (κ3) is 2.00. The highest BCUT2D eigenvalue weighted by molar-refractivity contribution is 5.21. The van der Waals surface area contributed by atoms with Crippen molar-refractivity contribution in [2.24, 2.45) is 0 Å². The van der Waals surface area contributed by atoms with Gasteiger partial charge in [0, 0.05) is 38.2 Å². The van der Waals surface area contributed by atoms with Crippen molar-refractivity contribution in [2.75, 3.05) is 19.8 Å². The summed E-state index contributed by atoms with van der Waals surface area (Å²) in [6, 6.07) is 0.533. The Morgan fingerprint density at radius 1 is 1.53 bits per heavy atom. The standard InChI is InChI=1S/C13H21N3O/c1-2-3-13-15-11-8-14-6-4-12(11)16(13)10-5-7-17-9-10/h10,14H,2-9H2,1H3. The van der Waals surface area contributed by atoms with Crippen LogP contribution in [0.4, 0.5) is 0 Å². The molecule has 0 radical (unpaired) electrons. The van der Waals surface area contributed by atoms with E-state index in [1.165, 1.54) is 17.2 Å². The Kier molecular flexibility index (Phi) is 3.16. The number of hydrogen-bond acceptors (Lipinski definition) is 3. The summed E-state index contributed by atoms with van der Waals surface area (Å²) in [6.07, 6.45) is 4.51. The predicted molar refractivity (Wildman–Crippen MR) is 66.1 cm³/mol. The number of aromatic nitrogens is 2. The molecule has 1 atom stereocenters. The SMILES string of the molecule is CCCc1nc2c(n1C1CCOC1)CCNC2. The molecule has 0 aliphatic carbocycles. The lowest BCUT2D eigenvalue weighted by Crippen LogP contribution is -2.26. The summed E-state index contributed by atoms with van der Waals surface area (Å²) < 4.78 is 8.03. The van der Waals surface area contributed by atoms with E-state index in [1.54, 1.807) is 0 Å². The maximum absolute atomic E-state index is 5.54. The van der Waals surface area contributed by atoms with Gasteiger partial charge in [0.1, 0.15) is 5.82 Å². The highest BCUT2D eigenvalue weighted by Gasteiger charge is 2.26. The molecule has 1 saturated heterocycles. The lowest BCUT2D eigenvalue weighted by atomic mass is 10.1. The van der Waals surface area contributed by atoms with Gasteiger partial charge >= 0.3 is 0 Å². The zero-order valence-corrected chi connectivity index (χ0v) is 10.5. The average molecular weight is 235 g/mol. The van der Waals surface area contributed by atoms with Crippen molar-refractivity contribution < 1.29 is 4.74 Å². The van der Waals surface area contributed by atoms with Crippen LogP contribution in [-0.2, 0) is 24.1 Å². The van der Waals surface area contributed by atoms with Crippen LogP contribution in [0.2, 0.25) is 0 Å². The van der Waals surface area contributed by atoms with Gasteiger partial charge < -0.3 is 14.6 Å². The fraction of sp³-hybridized carbons (Fsp3) is 0.769. The lowest BCUT2D eigenvalue weighted by molar-refractivity contribution is 0.185. The Hall–Kier alpha value is -0.870. The molecule has 4 nitrogen and oxygen atoms in total. The maximum Gasteiger partial charge on any atom is 0.109 e. The quantitative estimate of drug-likeness (QED) is 0.861. The van der Waals surface area contributed by atoms with Crippen LogP contribution in [0.1, 0.15) is 43.0 Å². The number of rotatable bonds is 3. The molecule has 1 unspecified atom stereocenters. The maximum atomic E-state index is 5.54. The van der Waals surface area contributed by atoms with Gasteiger partial charge in [-0.2, -0.15) is 0 Å². The van der Waals surface area contributed by atoms with Crippen molar-refractivity contribution in [1.29, 1.82) is 0 Å². The first kappa shape index (κ1) is 11.2. The van der Waals surface area contributed by atoms with E-state index in [0.717, 1.165) is 52.0 Å². The number of imidazole rings is 1. The number of nitrogens with one attached hydrogen (secondary N) is 1. The second-order valence-electron chi connectivity index (χ2n) is 4.99. The Morgan fingerprint density at radius 3 is 3.24 bits per heavy atom. The fourth-order valence-corrected chi connectivity index (χ4v) is 2.95. The van der Waals surface area contributed by atoms with Crippen LogP contribution < -0.4 is 5.32 Å². The van der Waals surface area contributed by atoms with Crippen molar-refractivity contribution in [3.05, 3.63) is 17.2 Å². The molecule has 1 fully saturated rings. The van der Waals surface area contributed by atoms with E-state index in [9.17, 15) is 0 Å². The predicted octanol–water partition coefficient (Wildman–Crippen LogP) is 1.44. The number of hydrogen-bond donors (Lipinski definition) is 1. The highest BCUT2D eigenvalue weighted by Crippen LogP contribution is 2.27. The fourth-order valence-electron chi connectivity index (χ4n) is 2.95. The summed E-state index contributed by atoms with van der Waals surface area (Å²) in [5, 5.41) is 3.41. The summed E-state index contributed by atoms with van der Waals surface area (Å²) >= 11 is 0. The number of ether oxygens (including phenoxy) is 1. The third-order valence-corrected chi connectivity index (χ3v) is 3.74. The van der Waals surface area contributed by atoms with E-state index in [4.69, 9.17) is 9.72 Å². The molecule has 3 rings (SSSR count). The van der Waals surface area contributed by atoms with Crippen LogP contribution in [0.3, 0.4) is 0 Å². The smallest absolute Gasteiger partial charge is 0.109 e. The zero-order valence-electron chi connectivity index (χ0n) is 10.5. The van der Waals surface area contributed by atoms with Gasteiger partial charge in [-0.25, -0.2) is 4.98 Å². The van der Waals surface area contributed by atoms with Crippen molar-refractivity contribution in [1.82, 2.24) is 14.9 Å². The van der Waals surface area contributed by atoms with E-state index in [-0.39, 0.29) is 0 Å². The molecule has 0 spiro atoms. The van der Waals surface area contributed by atoms with Crippen molar-refractivity contribution in [2.45, 2.75) is 45.2 Å². The summed E-state index contributed by atoms with van der Waals surface area (Å²) in [5.74, 6) is 1.27. The molecule has 0 aromatic carbocycles. The Morgan fingerprint density at radius 2 is 2.47 bits per heavy atom. The Labute approximate surface area is 102 Å². The van der Waals surface area contributed by atoms with Crippen molar-refractivity contribution in [3.63, 3.8) is 0 Å². The molecule has 4 heteroatoms. The molecule has 3 heterocycles. The molecule has 2 aliphatic rings. The number of aryl methyl sites for hydroxylation is 1. The van der Waals surface area contributed by atoms with Crippen LogP contribution in [-0.4, -0.2) is 29.3 Å². The first-order chi connectivity index (χ1) is 8.40. The highest BCUT2D eigenvalue weighted by atomic mass is 16.5. The second-order valence-corrected chi connectivity index (χ2v) is 4.99. The van der Waals surface area contributed by atoms with Gasteiger partial charge in [-0.1, -0.05) is 6.92 Å². The van der Waals surface area contributed by atoms with Crippen molar-refractivity contribution in [3.8, 4) is 0 Å². The summed E-state index contributed by atoms with van der Waals surface area (Å²) in [5.41, 5.74) is 2.73. The minimum Gasteiger partial charge on any atom is -0.379 e. The molecule has 0 saturated carbocycles. The van der Waals surface area contributed by atoms with Crippen LogP contribution in [0, 0.1) is 0 Å². The second kappa shape index (κ2) is 4.78. The Bertz CT molecular complexity index is 394. The third-order valence-electron chi connectivity index (χ3n) is 3.74. The van der Waals surface area contributed by atoms with Gasteiger partial charge in [0.2, 0.25) is 0 Å². The zero-order chi connectivity index (χ0) is 11.7. The Balaban J connectivity index is 1.99. The van der Waals surface area contributed by atoms with Crippen LogP contribution >= 0.6 is 0 Å². The van der Waals surface area contributed by atoms with Crippen LogP contribution in [0.25, 0.3) is 0 Å². The summed E-state index contributed by atoms with van der Waals surface area (Å²) in [7, 11) is 0. The van der Waals surface area contributed by atoms with Crippen LogP contribution in [0.5, 0.6) is 0 Å². The minimum atomic E-state index is 0.533. The molecule has 17 heavy (non-hydrogen) atoms. The average Bonchev–Trinajstić information content (AvgIpc) is 2.94. The van der Waals surface area contributed by atoms with Crippen LogP contribution in [0.15, 0.2) is 0 Å². The minimum absolute atomic E-state index is 0.533. The van der Waals surface area contributed by atoms with E-state index in [0.29, 0.717) is 6.04 Å². The number of fused-ring (bicyclic) bond motifs is 1. The summed E-state index contributed by atoms with van der Waals surface area (Å²) in [6.45, 7) is 6.01. The van der Waals surface area contributed by atoms with E-state index in [2.05, 4.69) is 16.8 Å². The largest absolute Gasteiger partial charge is 0.379 e. The number of nitrogens with zero attached hydrogens (tertiary/aromatic N) is 2. The first-order valence-electron chi connectivity index (χ1n) is 6.77. The molecule has 0 amide bonds. The normalized spacial score (nSPS) is 23.9. The van der Waals surface area contributed by atoms with Gasteiger partial charge in [-0.3, -0.25) is 0 Å². The van der Waals surface area contributed by atoms with Gasteiger partial charge in [0.05, 0.1) is 18.3 Å². The summed E-state index contributed by atoms with van der Waals surface area (Å²) in [4.78, 5) is 4.83. The molecular formula is C13H21N3O.